The molecule has 1 N–H and O–H groups in total. The number of nitro benzene ring substituents is 1. The summed E-state index contributed by atoms with van der Waals surface area (Å²) in [7, 11) is 1.57. The van der Waals surface area contributed by atoms with Gasteiger partial charge in [-0.15, -0.1) is 11.8 Å². The molecule has 0 amide bonds. The van der Waals surface area contributed by atoms with Gasteiger partial charge in [0.1, 0.15) is 5.75 Å². The first kappa shape index (κ1) is 11.2. The van der Waals surface area contributed by atoms with Crippen molar-refractivity contribution in [3.63, 3.8) is 0 Å². The number of hydrogen-bond acceptors (Lipinski definition) is 5. The van der Waals surface area contributed by atoms with E-state index in [4.69, 9.17) is 4.74 Å². The molecule has 0 unspecified atom stereocenters. The maximum absolute atomic E-state index is 10.7. The third-order valence-corrected chi connectivity index (χ3v) is 3.62. The highest BCUT2D eigenvalue weighted by Crippen LogP contribution is 2.37. The van der Waals surface area contributed by atoms with Gasteiger partial charge in [-0.25, -0.2) is 0 Å². The van der Waals surface area contributed by atoms with Crippen LogP contribution in [-0.2, 0) is 0 Å². The molecular formula is C10H12N2O3S. The molecule has 2 rings (SSSR count). The van der Waals surface area contributed by atoms with Crippen LogP contribution in [0.2, 0.25) is 0 Å². The Kier molecular flexibility index (Phi) is 3.31. The van der Waals surface area contributed by atoms with Gasteiger partial charge >= 0.3 is 0 Å². The normalized spacial score (nSPS) is 19.7. The molecule has 0 aromatic heterocycles. The fourth-order valence-electron chi connectivity index (χ4n) is 1.67. The second kappa shape index (κ2) is 4.71. The van der Waals surface area contributed by atoms with Crippen LogP contribution in [0.15, 0.2) is 18.2 Å². The third-order valence-electron chi connectivity index (χ3n) is 2.42. The molecule has 5 nitrogen and oxygen atoms in total. The van der Waals surface area contributed by atoms with Crippen LogP contribution < -0.4 is 10.1 Å². The minimum Gasteiger partial charge on any atom is -0.496 e. The third kappa shape index (κ3) is 2.12. The lowest BCUT2D eigenvalue weighted by Gasteiger charge is -2.13. The first-order valence-corrected chi connectivity index (χ1v) is 5.94. The number of non-ortho nitro benzene ring substituents is 1. The van der Waals surface area contributed by atoms with E-state index in [1.165, 1.54) is 6.07 Å². The van der Waals surface area contributed by atoms with Crippen LogP contribution in [0.1, 0.15) is 10.9 Å². The van der Waals surface area contributed by atoms with Gasteiger partial charge in [0.05, 0.1) is 17.4 Å². The molecule has 0 saturated carbocycles. The van der Waals surface area contributed by atoms with Crippen molar-refractivity contribution < 1.29 is 9.66 Å². The van der Waals surface area contributed by atoms with Crippen LogP contribution in [0.25, 0.3) is 0 Å². The van der Waals surface area contributed by atoms with Crippen LogP contribution in [0.3, 0.4) is 0 Å². The number of nitrogens with one attached hydrogen (secondary N) is 1. The average Bonchev–Trinajstić information content (AvgIpc) is 2.81. The highest BCUT2D eigenvalue weighted by molar-refractivity contribution is 7.99. The maximum atomic E-state index is 10.7. The largest absolute Gasteiger partial charge is 0.496 e. The minimum absolute atomic E-state index is 0.0925. The van der Waals surface area contributed by atoms with E-state index in [1.54, 1.807) is 31.0 Å². The smallest absolute Gasteiger partial charge is 0.270 e. The Morgan fingerprint density at radius 2 is 2.44 bits per heavy atom. The molecule has 0 spiro atoms. The number of nitro groups is 1. The summed E-state index contributed by atoms with van der Waals surface area (Å²) in [4.78, 5) is 10.3. The Morgan fingerprint density at radius 1 is 1.62 bits per heavy atom. The Bertz CT molecular complexity index is 405. The fourth-order valence-corrected chi connectivity index (χ4v) is 2.74. The summed E-state index contributed by atoms with van der Waals surface area (Å²) in [5.41, 5.74) is 0.948. The van der Waals surface area contributed by atoms with Gasteiger partial charge in [-0.05, 0) is 6.07 Å². The standard InChI is InChI=1S/C10H12N2O3S/c1-15-9-3-2-7(12(13)14)6-8(9)10-11-4-5-16-10/h2-3,6,10-11H,4-5H2,1H3/t10-/m0/s1. The van der Waals surface area contributed by atoms with Gasteiger partial charge in [-0.3, -0.25) is 10.1 Å². The molecule has 1 saturated heterocycles. The Balaban J connectivity index is 2.38. The molecule has 1 aliphatic heterocycles. The van der Waals surface area contributed by atoms with E-state index in [2.05, 4.69) is 5.32 Å². The van der Waals surface area contributed by atoms with Crippen molar-refractivity contribution in [1.29, 1.82) is 0 Å². The highest BCUT2D eigenvalue weighted by atomic mass is 32.2. The topological polar surface area (TPSA) is 64.4 Å². The molecule has 86 valence electrons. The summed E-state index contributed by atoms with van der Waals surface area (Å²) < 4.78 is 5.22. The quantitative estimate of drug-likeness (QED) is 0.646. The number of thioether (sulfide) groups is 1. The first-order chi connectivity index (χ1) is 7.72. The van der Waals surface area contributed by atoms with Crippen LogP contribution >= 0.6 is 11.8 Å². The lowest BCUT2D eigenvalue weighted by molar-refractivity contribution is -0.384. The summed E-state index contributed by atoms with van der Waals surface area (Å²) in [6.45, 7) is 0.918. The van der Waals surface area contributed by atoms with Crippen LogP contribution in [0.5, 0.6) is 5.75 Å². The van der Waals surface area contributed by atoms with Gasteiger partial charge in [0.2, 0.25) is 0 Å². The summed E-state index contributed by atoms with van der Waals surface area (Å²) in [6.07, 6.45) is 0. The van der Waals surface area contributed by atoms with Gasteiger partial charge in [0, 0.05) is 30.0 Å². The van der Waals surface area contributed by atoms with Crippen molar-refractivity contribution in [1.82, 2.24) is 5.32 Å². The fraction of sp³-hybridized carbons (Fsp3) is 0.400. The zero-order valence-corrected chi connectivity index (χ0v) is 9.62. The van der Waals surface area contributed by atoms with Crippen molar-refractivity contribution in [3.05, 3.63) is 33.9 Å². The van der Waals surface area contributed by atoms with E-state index in [9.17, 15) is 10.1 Å². The molecule has 1 aromatic rings. The Labute approximate surface area is 97.3 Å². The predicted octanol–water partition coefficient (Wildman–Crippen LogP) is 1.94. The van der Waals surface area contributed by atoms with E-state index in [-0.39, 0.29) is 16.0 Å². The van der Waals surface area contributed by atoms with E-state index in [0.29, 0.717) is 5.75 Å². The number of benzene rings is 1. The molecule has 0 aliphatic carbocycles. The Morgan fingerprint density at radius 3 is 3.00 bits per heavy atom. The van der Waals surface area contributed by atoms with Crippen molar-refractivity contribution in [2.75, 3.05) is 19.4 Å². The van der Waals surface area contributed by atoms with E-state index < -0.39 is 0 Å². The van der Waals surface area contributed by atoms with Crippen molar-refractivity contribution in [3.8, 4) is 5.75 Å². The summed E-state index contributed by atoms with van der Waals surface area (Å²) in [5.74, 6) is 1.70. The lowest BCUT2D eigenvalue weighted by Crippen LogP contribution is -2.13. The minimum atomic E-state index is -0.386. The molecule has 0 bridgehead atoms. The van der Waals surface area contributed by atoms with Crippen molar-refractivity contribution in [2.45, 2.75) is 5.37 Å². The predicted molar refractivity (Wildman–Crippen MR) is 62.9 cm³/mol. The van der Waals surface area contributed by atoms with Gasteiger partial charge in [0.25, 0.3) is 5.69 Å². The number of hydrogen-bond donors (Lipinski definition) is 1. The molecular weight excluding hydrogens is 228 g/mol. The van der Waals surface area contributed by atoms with Gasteiger partial charge in [0.15, 0.2) is 0 Å². The average molecular weight is 240 g/mol. The number of methoxy groups -OCH3 is 1. The second-order valence-corrected chi connectivity index (χ2v) is 4.60. The molecule has 1 aromatic carbocycles. The molecule has 6 heteroatoms. The first-order valence-electron chi connectivity index (χ1n) is 4.89. The van der Waals surface area contributed by atoms with Crippen LogP contribution in [0.4, 0.5) is 5.69 Å². The molecule has 1 atom stereocenters. The molecule has 1 aliphatic rings. The molecule has 0 radical (unpaired) electrons. The SMILES string of the molecule is COc1ccc([N+](=O)[O-])cc1[C@H]1NCCS1. The van der Waals surface area contributed by atoms with Gasteiger partial charge < -0.3 is 10.1 Å². The zero-order valence-electron chi connectivity index (χ0n) is 8.80. The van der Waals surface area contributed by atoms with Gasteiger partial charge in [-0.1, -0.05) is 0 Å². The maximum Gasteiger partial charge on any atom is 0.270 e. The zero-order chi connectivity index (χ0) is 11.5. The van der Waals surface area contributed by atoms with Gasteiger partial charge in [-0.2, -0.15) is 0 Å². The summed E-state index contributed by atoms with van der Waals surface area (Å²) in [5, 5.41) is 14.1. The highest BCUT2D eigenvalue weighted by Gasteiger charge is 2.22. The lowest BCUT2D eigenvalue weighted by atomic mass is 10.1. The summed E-state index contributed by atoms with van der Waals surface area (Å²) in [6, 6.07) is 4.69. The van der Waals surface area contributed by atoms with E-state index >= 15 is 0 Å². The second-order valence-electron chi connectivity index (χ2n) is 3.39. The van der Waals surface area contributed by atoms with E-state index in [1.807, 2.05) is 0 Å². The van der Waals surface area contributed by atoms with Crippen LogP contribution in [0, 0.1) is 10.1 Å². The van der Waals surface area contributed by atoms with E-state index in [0.717, 1.165) is 17.9 Å². The van der Waals surface area contributed by atoms with Crippen molar-refractivity contribution in [2.24, 2.45) is 0 Å². The van der Waals surface area contributed by atoms with Crippen molar-refractivity contribution >= 4 is 17.4 Å². The number of rotatable bonds is 3. The number of nitrogens with zero attached hydrogens (tertiary/aromatic N) is 1. The summed E-state index contributed by atoms with van der Waals surface area (Å²) >= 11 is 1.73. The number of ether oxygens (including phenoxy) is 1. The Hall–Kier alpha value is -1.27. The monoisotopic (exact) mass is 240 g/mol. The van der Waals surface area contributed by atoms with Crippen LogP contribution in [-0.4, -0.2) is 24.3 Å². The molecule has 16 heavy (non-hydrogen) atoms. The molecule has 1 fully saturated rings. The molecule has 1 heterocycles.